The molecule has 0 bridgehead atoms. The number of anilines is 1. The van der Waals surface area contributed by atoms with Crippen LogP contribution < -0.4 is 10.6 Å². The Morgan fingerprint density at radius 2 is 2.08 bits per heavy atom. The smallest absolute Gasteiger partial charge is 0.340 e. The Hall–Kier alpha value is -3.53. The van der Waals surface area contributed by atoms with Crippen LogP contribution in [0, 0.1) is 11.3 Å². The zero-order chi connectivity index (χ0) is 18.1. The summed E-state index contributed by atoms with van der Waals surface area (Å²) in [6.45, 7) is 2.14. The van der Waals surface area contributed by atoms with Gasteiger partial charge in [0.15, 0.2) is 0 Å². The number of carbonyl (C=O) groups is 2. The van der Waals surface area contributed by atoms with E-state index in [0.29, 0.717) is 17.0 Å². The molecule has 2 rings (SSSR count). The van der Waals surface area contributed by atoms with Gasteiger partial charge >= 0.3 is 5.97 Å². The molecule has 0 aliphatic rings. The first-order valence-electron chi connectivity index (χ1n) is 7.59. The molecule has 25 heavy (non-hydrogen) atoms. The van der Waals surface area contributed by atoms with Crippen molar-refractivity contribution < 1.29 is 18.7 Å². The van der Waals surface area contributed by atoms with Gasteiger partial charge in [-0.05, 0) is 31.2 Å². The van der Waals surface area contributed by atoms with Crippen LogP contribution in [0.5, 0.6) is 0 Å². The number of ether oxygens (including phenoxy) is 1. The average molecular weight is 339 g/mol. The molecule has 0 atom stereocenters. The Labute approximate surface area is 144 Å². The minimum Gasteiger partial charge on any atom is -0.467 e. The third-order valence-corrected chi connectivity index (χ3v) is 3.16. The van der Waals surface area contributed by atoms with Gasteiger partial charge in [-0.1, -0.05) is 12.1 Å². The molecule has 2 N–H and O–H groups in total. The van der Waals surface area contributed by atoms with Gasteiger partial charge in [-0.25, -0.2) is 4.79 Å². The fraction of sp³-hybridized carbons (Fsp3) is 0.167. The molecular weight excluding hydrogens is 322 g/mol. The number of esters is 1. The van der Waals surface area contributed by atoms with Gasteiger partial charge in [0, 0.05) is 6.20 Å². The van der Waals surface area contributed by atoms with Crippen LogP contribution in [0.15, 0.2) is 58.9 Å². The second-order valence-corrected chi connectivity index (χ2v) is 4.84. The summed E-state index contributed by atoms with van der Waals surface area (Å²) in [5.74, 6) is -0.467. The van der Waals surface area contributed by atoms with Crippen molar-refractivity contribution in [3.8, 4) is 6.07 Å². The van der Waals surface area contributed by atoms with Crippen LogP contribution in [0.25, 0.3) is 0 Å². The van der Waals surface area contributed by atoms with Crippen LogP contribution in [0.3, 0.4) is 0 Å². The largest absolute Gasteiger partial charge is 0.467 e. The van der Waals surface area contributed by atoms with Crippen molar-refractivity contribution >= 4 is 17.6 Å². The van der Waals surface area contributed by atoms with Crippen molar-refractivity contribution in [2.24, 2.45) is 0 Å². The molecule has 1 amide bonds. The first kappa shape index (κ1) is 17.8. The first-order valence-corrected chi connectivity index (χ1v) is 7.59. The average Bonchev–Trinajstić information content (AvgIpc) is 3.14. The summed E-state index contributed by atoms with van der Waals surface area (Å²) in [7, 11) is 0. The number of carbonyl (C=O) groups excluding carboxylic acids is 2. The number of nitrogens with zero attached hydrogens (tertiary/aromatic N) is 1. The molecule has 0 aliphatic heterocycles. The van der Waals surface area contributed by atoms with Crippen molar-refractivity contribution in [2.45, 2.75) is 13.5 Å². The molecule has 0 saturated heterocycles. The van der Waals surface area contributed by atoms with Gasteiger partial charge in [0.25, 0.3) is 5.91 Å². The van der Waals surface area contributed by atoms with E-state index in [-0.39, 0.29) is 18.7 Å². The van der Waals surface area contributed by atoms with Crippen LogP contribution in [0.1, 0.15) is 23.0 Å². The van der Waals surface area contributed by atoms with Crippen LogP contribution >= 0.6 is 0 Å². The number of furan rings is 1. The normalized spacial score (nSPS) is 10.6. The number of nitrogens with one attached hydrogen (secondary N) is 2. The second kappa shape index (κ2) is 8.93. The van der Waals surface area contributed by atoms with Crippen molar-refractivity contribution in [2.75, 3.05) is 11.9 Å². The van der Waals surface area contributed by atoms with Gasteiger partial charge in [-0.15, -0.1) is 0 Å². The monoisotopic (exact) mass is 339 g/mol. The Morgan fingerprint density at radius 3 is 2.76 bits per heavy atom. The molecule has 2 aromatic rings. The molecule has 0 unspecified atom stereocenters. The van der Waals surface area contributed by atoms with E-state index in [9.17, 15) is 9.59 Å². The summed E-state index contributed by atoms with van der Waals surface area (Å²) in [5.41, 5.74) is 0.617. The Balaban J connectivity index is 2.07. The molecule has 0 aliphatic carbocycles. The van der Waals surface area contributed by atoms with Crippen LogP contribution in [-0.2, 0) is 16.1 Å². The van der Waals surface area contributed by atoms with Gasteiger partial charge in [-0.2, -0.15) is 5.26 Å². The van der Waals surface area contributed by atoms with E-state index in [1.54, 1.807) is 43.3 Å². The van der Waals surface area contributed by atoms with Gasteiger partial charge in [0.1, 0.15) is 17.4 Å². The standard InChI is InChI=1S/C18H17N3O4/c1-2-24-18(23)15-7-3-4-8-16(15)20-11-13(10-19)17(22)21-12-14-6-5-9-25-14/h3-9,11,20H,2,12H2,1H3,(H,21,22)/b13-11-. The minimum absolute atomic E-state index is 0.134. The maximum absolute atomic E-state index is 12.0. The van der Waals surface area contributed by atoms with Gasteiger partial charge in [0.2, 0.25) is 0 Å². The van der Waals surface area contributed by atoms with Gasteiger partial charge in [0.05, 0.1) is 30.7 Å². The zero-order valence-corrected chi connectivity index (χ0v) is 13.6. The predicted molar refractivity (Wildman–Crippen MR) is 90.3 cm³/mol. The van der Waals surface area contributed by atoms with E-state index >= 15 is 0 Å². The van der Waals surface area contributed by atoms with Crippen LogP contribution in [0.4, 0.5) is 5.69 Å². The Bertz CT molecular complexity index is 804. The number of hydrogen-bond donors (Lipinski definition) is 2. The number of nitriles is 1. The lowest BCUT2D eigenvalue weighted by Gasteiger charge is -2.09. The number of para-hydroxylation sites is 1. The Kier molecular flexibility index (Phi) is 6.37. The SMILES string of the molecule is CCOC(=O)c1ccccc1N/C=C(/C#N)C(=O)NCc1ccco1. The Morgan fingerprint density at radius 1 is 1.28 bits per heavy atom. The third kappa shape index (κ3) is 4.97. The highest BCUT2D eigenvalue weighted by Gasteiger charge is 2.13. The summed E-state index contributed by atoms with van der Waals surface area (Å²) in [6.07, 6.45) is 2.74. The van der Waals surface area contributed by atoms with Crippen molar-refractivity contribution in [3.63, 3.8) is 0 Å². The quantitative estimate of drug-likeness (QED) is 0.456. The van der Waals surface area contributed by atoms with Gasteiger partial charge < -0.3 is 19.8 Å². The summed E-state index contributed by atoms with van der Waals surface area (Å²) in [6, 6.07) is 11.9. The number of benzene rings is 1. The van der Waals surface area contributed by atoms with E-state index in [4.69, 9.17) is 14.4 Å². The lowest BCUT2D eigenvalue weighted by atomic mass is 10.2. The molecule has 7 nitrogen and oxygen atoms in total. The van der Waals surface area contributed by atoms with E-state index in [2.05, 4.69) is 10.6 Å². The molecule has 7 heteroatoms. The molecule has 128 valence electrons. The highest BCUT2D eigenvalue weighted by atomic mass is 16.5. The number of hydrogen-bond acceptors (Lipinski definition) is 6. The summed E-state index contributed by atoms with van der Waals surface area (Å²) in [4.78, 5) is 23.9. The third-order valence-electron chi connectivity index (χ3n) is 3.16. The van der Waals surface area contributed by atoms with E-state index in [1.165, 1.54) is 12.5 Å². The maximum Gasteiger partial charge on any atom is 0.340 e. The predicted octanol–water partition coefficient (Wildman–Crippen LogP) is 2.59. The van der Waals surface area contributed by atoms with E-state index in [1.807, 2.05) is 6.07 Å². The van der Waals surface area contributed by atoms with E-state index < -0.39 is 11.9 Å². The van der Waals surface area contributed by atoms with Crippen molar-refractivity contribution in [1.29, 1.82) is 5.26 Å². The maximum atomic E-state index is 12.0. The number of amides is 1. The summed E-state index contributed by atoms with van der Waals surface area (Å²) in [5, 5.41) is 14.5. The molecule has 0 fully saturated rings. The van der Waals surface area contributed by atoms with Crippen LogP contribution in [0.2, 0.25) is 0 Å². The summed E-state index contributed by atoms with van der Waals surface area (Å²) >= 11 is 0. The molecular formula is C18H17N3O4. The molecule has 1 heterocycles. The van der Waals surface area contributed by atoms with E-state index in [0.717, 1.165) is 0 Å². The van der Waals surface area contributed by atoms with Crippen LogP contribution in [-0.4, -0.2) is 18.5 Å². The lowest BCUT2D eigenvalue weighted by Crippen LogP contribution is -2.24. The number of rotatable bonds is 7. The topological polar surface area (TPSA) is 104 Å². The molecule has 0 saturated carbocycles. The fourth-order valence-electron chi connectivity index (χ4n) is 1.97. The minimum atomic E-state index is -0.556. The van der Waals surface area contributed by atoms with Crippen molar-refractivity contribution in [1.82, 2.24) is 5.32 Å². The second-order valence-electron chi connectivity index (χ2n) is 4.84. The lowest BCUT2D eigenvalue weighted by molar-refractivity contribution is -0.117. The molecule has 1 aromatic carbocycles. The fourth-order valence-corrected chi connectivity index (χ4v) is 1.97. The summed E-state index contributed by atoms with van der Waals surface area (Å²) < 4.78 is 10.1. The van der Waals surface area contributed by atoms with Crippen molar-refractivity contribution in [3.05, 3.63) is 65.8 Å². The zero-order valence-electron chi connectivity index (χ0n) is 13.6. The highest BCUT2D eigenvalue weighted by molar-refractivity contribution is 5.98. The molecule has 1 aromatic heterocycles. The molecule has 0 spiro atoms. The highest BCUT2D eigenvalue weighted by Crippen LogP contribution is 2.16. The molecule has 0 radical (unpaired) electrons. The van der Waals surface area contributed by atoms with Gasteiger partial charge in [-0.3, -0.25) is 4.79 Å². The first-order chi connectivity index (χ1) is 12.2.